The summed E-state index contributed by atoms with van der Waals surface area (Å²) in [6.45, 7) is 0.524. The molecular weight excluding hydrogens is 240 g/mol. The molecule has 0 fully saturated rings. The fraction of sp³-hybridized carbons (Fsp3) is 0.0909. The Kier molecular flexibility index (Phi) is 3.30. The molecule has 0 atom stereocenters. The third-order valence-corrected chi connectivity index (χ3v) is 2.59. The monoisotopic (exact) mass is 250 g/mol. The number of aromatic nitrogens is 2. The number of aromatic amines is 1. The van der Waals surface area contributed by atoms with Crippen molar-refractivity contribution in [2.75, 3.05) is 11.1 Å². The summed E-state index contributed by atoms with van der Waals surface area (Å²) >= 11 is 5.80. The third kappa shape index (κ3) is 2.76. The highest BCUT2D eigenvalue weighted by molar-refractivity contribution is 6.32. The fourth-order valence-corrected chi connectivity index (χ4v) is 1.50. The van der Waals surface area contributed by atoms with Crippen LogP contribution in [0.25, 0.3) is 0 Å². The first kappa shape index (κ1) is 11.5. The normalized spacial score (nSPS) is 10.2. The van der Waals surface area contributed by atoms with Gasteiger partial charge in [-0.2, -0.15) is 0 Å². The molecule has 5 nitrogen and oxygen atoms in total. The molecule has 6 heteroatoms. The highest BCUT2D eigenvalue weighted by Crippen LogP contribution is 2.14. The van der Waals surface area contributed by atoms with Gasteiger partial charge >= 0.3 is 0 Å². The predicted octanol–water partition coefficient (Wildman–Crippen LogP) is 1.62. The first-order chi connectivity index (χ1) is 8.16. The van der Waals surface area contributed by atoms with Crippen LogP contribution in [0.2, 0.25) is 5.02 Å². The molecule has 0 saturated heterocycles. The Hall–Kier alpha value is -2.01. The van der Waals surface area contributed by atoms with E-state index in [-0.39, 0.29) is 10.6 Å². The molecular formula is C11H11ClN4O. The van der Waals surface area contributed by atoms with Gasteiger partial charge in [0.1, 0.15) is 5.02 Å². The summed E-state index contributed by atoms with van der Waals surface area (Å²) in [6.07, 6.45) is 1.31. The second kappa shape index (κ2) is 4.88. The first-order valence-corrected chi connectivity index (χ1v) is 5.36. The van der Waals surface area contributed by atoms with E-state index in [1.54, 1.807) is 0 Å². The molecule has 0 radical (unpaired) electrons. The van der Waals surface area contributed by atoms with E-state index >= 15 is 0 Å². The fourth-order valence-electron chi connectivity index (χ4n) is 1.33. The lowest BCUT2D eigenvalue weighted by Crippen LogP contribution is -2.11. The van der Waals surface area contributed by atoms with E-state index in [9.17, 15) is 4.79 Å². The first-order valence-electron chi connectivity index (χ1n) is 4.98. The summed E-state index contributed by atoms with van der Waals surface area (Å²) in [7, 11) is 0. The Morgan fingerprint density at radius 2 is 2.06 bits per heavy atom. The smallest absolute Gasteiger partial charge is 0.271 e. The van der Waals surface area contributed by atoms with E-state index in [1.165, 1.54) is 6.33 Å². The molecule has 0 saturated carbocycles. The molecule has 2 aromatic rings. The molecule has 0 bridgehead atoms. The van der Waals surface area contributed by atoms with E-state index < -0.39 is 0 Å². The van der Waals surface area contributed by atoms with Gasteiger partial charge in [-0.1, -0.05) is 23.7 Å². The van der Waals surface area contributed by atoms with E-state index in [2.05, 4.69) is 15.3 Å². The Bertz CT molecular complexity index is 564. The molecule has 88 valence electrons. The van der Waals surface area contributed by atoms with Crippen molar-refractivity contribution in [3.63, 3.8) is 0 Å². The van der Waals surface area contributed by atoms with Gasteiger partial charge in [-0.05, 0) is 17.7 Å². The summed E-state index contributed by atoms with van der Waals surface area (Å²) in [5.41, 5.74) is 6.95. The number of nitrogens with zero attached hydrogens (tertiary/aromatic N) is 1. The second-order valence-corrected chi connectivity index (χ2v) is 3.87. The Morgan fingerprint density at radius 3 is 2.76 bits per heavy atom. The number of nitrogen functional groups attached to an aromatic ring is 1. The van der Waals surface area contributed by atoms with Crippen LogP contribution in [0.1, 0.15) is 5.56 Å². The van der Waals surface area contributed by atoms with E-state index in [4.69, 9.17) is 17.3 Å². The van der Waals surface area contributed by atoms with Gasteiger partial charge in [0, 0.05) is 12.2 Å². The van der Waals surface area contributed by atoms with Crippen LogP contribution in [0.5, 0.6) is 0 Å². The molecule has 0 aliphatic heterocycles. The number of rotatable bonds is 3. The van der Waals surface area contributed by atoms with Crippen LogP contribution < -0.4 is 16.6 Å². The zero-order valence-corrected chi connectivity index (χ0v) is 9.66. The van der Waals surface area contributed by atoms with Crippen LogP contribution in [0.15, 0.2) is 35.4 Å². The van der Waals surface area contributed by atoms with Crippen molar-refractivity contribution in [3.05, 3.63) is 51.5 Å². The van der Waals surface area contributed by atoms with Gasteiger partial charge in [0.25, 0.3) is 5.56 Å². The maximum absolute atomic E-state index is 11.2. The van der Waals surface area contributed by atoms with Crippen molar-refractivity contribution < 1.29 is 0 Å². The summed E-state index contributed by atoms with van der Waals surface area (Å²) < 4.78 is 0. The Morgan fingerprint density at radius 1 is 1.35 bits per heavy atom. The summed E-state index contributed by atoms with van der Waals surface area (Å²) in [5, 5.41) is 3.04. The van der Waals surface area contributed by atoms with Gasteiger partial charge in [-0.25, -0.2) is 4.98 Å². The highest BCUT2D eigenvalue weighted by Gasteiger charge is 2.04. The van der Waals surface area contributed by atoms with Crippen LogP contribution in [-0.2, 0) is 6.54 Å². The molecule has 4 N–H and O–H groups in total. The maximum atomic E-state index is 11.2. The average molecular weight is 251 g/mol. The number of benzene rings is 1. The SMILES string of the molecule is Nc1ccc(CNc2nc[nH]c(=O)c2Cl)cc1. The van der Waals surface area contributed by atoms with Crippen LogP contribution in [0.4, 0.5) is 11.5 Å². The molecule has 0 spiro atoms. The lowest BCUT2D eigenvalue weighted by Gasteiger charge is -2.06. The minimum Gasteiger partial charge on any atom is -0.399 e. The molecule has 2 rings (SSSR count). The number of anilines is 2. The molecule has 0 unspecified atom stereocenters. The summed E-state index contributed by atoms with van der Waals surface area (Å²) in [6, 6.07) is 7.40. The number of nitrogens with one attached hydrogen (secondary N) is 2. The third-order valence-electron chi connectivity index (χ3n) is 2.24. The zero-order valence-electron chi connectivity index (χ0n) is 8.90. The van der Waals surface area contributed by atoms with E-state index in [0.717, 1.165) is 5.56 Å². The number of H-pyrrole nitrogens is 1. The van der Waals surface area contributed by atoms with Crippen molar-refractivity contribution in [1.82, 2.24) is 9.97 Å². The van der Waals surface area contributed by atoms with Crippen molar-refractivity contribution in [1.29, 1.82) is 0 Å². The molecule has 1 heterocycles. The van der Waals surface area contributed by atoms with Crippen LogP contribution in [0.3, 0.4) is 0 Å². The standard InChI is InChI=1S/C11H11ClN4O/c12-9-10(15-6-16-11(9)17)14-5-7-1-3-8(13)4-2-7/h1-4,6H,5,13H2,(H2,14,15,16,17). The number of halogens is 1. The molecule has 0 aliphatic rings. The highest BCUT2D eigenvalue weighted by atomic mass is 35.5. The predicted molar refractivity (Wildman–Crippen MR) is 68.0 cm³/mol. The minimum absolute atomic E-state index is 0.0583. The van der Waals surface area contributed by atoms with Gasteiger partial charge in [-0.3, -0.25) is 4.79 Å². The molecule has 0 aliphatic carbocycles. The van der Waals surface area contributed by atoms with Crippen molar-refractivity contribution in [2.24, 2.45) is 0 Å². The Labute approximate surface area is 103 Å². The number of hydrogen-bond donors (Lipinski definition) is 3. The topological polar surface area (TPSA) is 83.8 Å². The van der Waals surface area contributed by atoms with Crippen LogP contribution in [-0.4, -0.2) is 9.97 Å². The minimum atomic E-state index is -0.360. The van der Waals surface area contributed by atoms with Gasteiger partial charge in [0.05, 0.1) is 6.33 Å². The maximum Gasteiger partial charge on any atom is 0.271 e. The van der Waals surface area contributed by atoms with Crippen molar-refractivity contribution in [3.8, 4) is 0 Å². The lowest BCUT2D eigenvalue weighted by atomic mass is 10.2. The van der Waals surface area contributed by atoms with E-state index in [1.807, 2.05) is 24.3 Å². The van der Waals surface area contributed by atoms with E-state index in [0.29, 0.717) is 18.1 Å². The van der Waals surface area contributed by atoms with Crippen LogP contribution in [0, 0.1) is 0 Å². The zero-order chi connectivity index (χ0) is 12.3. The van der Waals surface area contributed by atoms with Gasteiger partial charge in [-0.15, -0.1) is 0 Å². The molecule has 1 aromatic carbocycles. The van der Waals surface area contributed by atoms with Gasteiger partial charge in [0.2, 0.25) is 0 Å². The van der Waals surface area contributed by atoms with Crippen LogP contribution >= 0.6 is 11.6 Å². The Balaban J connectivity index is 2.10. The summed E-state index contributed by atoms with van der Waals surface area (Å²) in [5.74, 6) is 0.368. The molecule has 17 heavy (non-hydrogen) atoms. The largest absolute Gasteiger partial charge is 0.399 e. The molecule has 1 aromatic heterocycles. The van der Waals surface area contributed by atoms with Crippen molar-refractivity contribution in [2.45, 2.75) is 6.54 Å². The number of hydrogen-bond acceptors (Lipinski definition) is 4. The molecule has 0 amide bonds. The number of nitrogens with two attached hydrogens (primary N) is 1. The lowest BCUT2D eigenvalue weighted by molar-refractivity contribution is 1.06. The van der Waals surface area contributed by atoms with Crippen molar-refractivity contribution >= 4 is 23.1 Å². The van der Waals surface area contributed by atoms with Gasteiger partial charge < -0.3 is 16.0 Å². The average Bonchev–Trinajstić information content (AvgIpc) is 2.33. The second-order valence-electron chi connectivity index (χ2n) is 3.49. The van der Waals surface area contributed by atoms with Gasteiger partial charge in [0.15, 0.2) is 5.82 Å². The quantitative estimate of drug-likeness (QED) is 0.723. The summed E-state index contributed by atoms with van der Waals surface area (Å²) in [4.78, 5) is 17.6.